The SMILES string of the molecule is CC(CN(C)C)c1ccccc1F. The Hall–Kier alpha value is -0.890. The fraction of sp³-hybridized carbons (Fsp3) is 0.455. The highest BCUT2D eigenvalue weighted by molar-refractivity contribution is 5.21. The van der Waals surface area contributed by atoms with E-state index >= 15 is 0 Å². The Labute approximate surface area is 79.2 Å². The maximum atomic E-state index is 13.3. The molecule has 0 amide bonds. The maximum Gasteiger partial charge on any atom is 0.126 e. The Morgan fingerprint density at radius 3 is 2.46 bits per heavy atom. The summed E-state index contributed by atoms with van der Waals surface area (Å²) in [5.41, 5.74) is 0.802. The van der Waals surface area contributed by atoms with Gasteiger partial charge in [0.1, 0.15) is 5.82 Å². The molecule has 0 heterocycles. The van der Waals surface area contributed by atoms with Crippen molar-refractivity contribution in [1.82, 2.24) is 4.90 Å². The van der Waals surface area contributed by atoms with Gasteiger partial charge in [-0.2, -0.15) is 0 Å². The summed E-state index contributed by atoms with van der Waals surface area (Å²) in [5.74, 6) is 0.146. The molecule has 1 rings (SSSR count). The van der Waals surface area contributed by atoms with Crippen molar-refractivity contribution in [2.45, 2.75) is 12.8 Å². The van der Waals surface area contributed by atoms with Gasteiger partial charge in [-0.1, -0.05) is 25.1 Å². The quantitative estimate of drug-likeness (QED) is 0.692. The summed E-state index contributed by atoms with van der Waals surface area (Å²) in [4.78, 5) is 2.07. The first-order chi connectivity index (χ1) is 6.11. The molecule has 13 heavy (non-hydrogen) atoms. The van der Waals surface area contributed by atoms with Crippen LogP contribution < -0.4 is 0 Å². The summed E-state index contributed by atoms with van der Waals surface area (Å²) in [6, 6.07) is 6.97. The average Bonchev–Trinajstić information content (AvgIpc) is 2.03. The van der Waals surface area contributed by atoms with Crippen LogP contribution in [0.3, 0.4) is 0 Å². The fourth-order valence-electron chi connectivity index (χ4n) is 1.52. The molecule has 1 aromatic rings. The number of benzene rings is 1. The van der Waals surface area contributed by atoms with Crippen molar-refractivity contribution >= 4 is 0 Å². The van der Waals surface area contributed by atoms with E-state index in [0.29, 0.717) is 0 Å². The third-order valence-electron chi connectivity index (χ3n) is 2.08. The molecule has 0 spiro atoms. The molecule has 1 atom stereocenters. The van der Waals surface area contributed by atoms with Gasteiger partial charge < -0.3 is 4.90 Å². The smallest absolute Gasteiger partial charge is 0.126 e. The Bertz CT molecular complexity index is 271. The third kappa shape index (κ3) is 2.81. The first kappa shape index (κ1) is 10.2. The van der Waals surface area contributed by atoms with Crippen LogP contribution in [0, 0.1) is 5.82 Å². The van der Waals surface area contributed by atoms with Crippen molar-refractivity contribution in [3.63, 3.8) is 0 Å². The van der Waals surface area contributed by atoms with Gasteiger partial charge in [0.2, 0.25) is 0 Å². The highest BCUT2D eigenvalue weighted by atomic mass is 19.1. The normalized spacial score (nSPS) is 13.3. The predicted octanol–water partition coefficient (Wildman–Crippen LogP) is 2.49. The summed E-state index contributed by atoms with van der Waals surface area (Å²) < 4.78 is 13.3. The van der Waals surface area contributed by atoms with Gasteiger partial charge in [0.05, 0.1) is 0 Å². The van der Waals surface area contributed by atoms with Gasteiger partial charge in [-0.05, 0) is 31.6 Å². The van der Waals surface area contributed by atoms with Crippen molar-refractivity contribution in [3.8, 4) is 0 Å². The van der Waals surface area contributed by atoms with E-state index in [-0.39, 0.29) is 11.7 Å². The third-order valence-corrected chi connectivity index (χ3v) is 2.08. The molecule has 0 fully saturated rings. The number of hydrogen-bond acceptors (Lipinski definition) is 1. The molecule has 0 aromatic heterocycles. The zero-order valence-corrected chi connectivity index (χ0v) is 8.42. The van der Waals surface area contributed by atoms with Crippen LogP contribution in [0.1, 0.15) is 18.4 Å². The molecule has 0 N–H and O–H groups in total. The van der Waals surface area contributed by atoms with Crippen molar-refractivity contribution in [1.29, 1.82) is 0 Å². The fourth-order valence-corrected chi connectivity index (χ4v) is 1.52. The van der Waals surface area contributed by atoms with Crippen LogP contribution in [0.2, 0.25) is 0 Å². The van der Waals surface area contributed by atoms with Crippen molar-refractivity contribution in [2.24, 2.45) is 0 Å². The summed E-state index contributed by atoms with van der Waals surface area (Å²) in [6.07, 6.45) is 0. The largest absolute Gasteiger partial charge is 0.309 e. The first-order valence-electron chi connectivity index (χ1n) is 4.50. The molecule has 0 saturated heterocycles. The number of nitrogens with zero attached hydrogens (tertiary/aromatic N) is 1. The van der Waals surface area contributed by atoms with Crippen molar-refractivity contribution in [2.75, 3.05) is 20.6 Å². The lowest BCUT2D eigenvalue weighted by Gasteiger charge is -2.17. The van der Waals surface area contributed by atoms with Crippen LogP contribution in [-0.4, -0.2) is 25.5 Å². The molecule has 1 aromatic carbocycles. The zero-order valence-electron chi connectivity index (χ0n) is 8.42. The van der Waals surface area contributed by atoms with Gasteiger partial charge in [0, 0.05) is 6.54 Å². The molecule has 0 aliphatic heterocycles. The molecule has 2 heteroatoms. The zero-order chi connectivity index (χ0) is 9.84. The molecule has 0 aliphatic rings. The molecular weight excluding hydrogens is 165 g/mol. The second-order valence-electron chi connectivity index (χ2n) is 3.68. The topological polar surface area (TPSA) is 3.24 Å². The molecule has 1 unspecified atom stereocenters. The van der Waals surface area contributed by atoms with Crippen LogP contribution >= 0.6 is 0 Å². The van der Waals surface area contributed by atoms with Crippen molar-refractivity contribution < 1.29 is 4.39 Å². The van der Waals surface area contributed by atoms with Crippen LogP contribution in [-0.2, 0) is 0 Å². The number of halogens is 1. The lowest BCUT2D eigenvalue weighted by molar-refractivity contribution is 0.378. The average molecular weight is 181 g/mol. The Morgan fingerprint density at radius 2 is 1.92 bits per heavy atom. The van der Waals surface area contributed by atoms with Crippen molar-refractivity contribution in [3.05, 3.63) is 35.6 Å². The minimum Gasteiger partial charge on any atom is -0.309 e. The minimum atomic E-state index is -0.100. The molecule has 72 valence electrons. The number of rotatable bonds is 3. The van der Waals surface area contributed by atoms with Gasteiger partial charge in [-0.25, -0.2) is 4.39 Å². The summed E-state index contributed by atoms with van der Waals surface area (Å²) in [6.45, 7) is 2.92. The van der Waals surface area contributed by atoms with E-state index in [4.69, 9.17) is 0 Å². The second-order valence-corrected chi connectivity index (χ2v) is 3.68. The van der Waals surface area contributed by atoms with E-state index in [2.05, 4.69) is 4.90 Å². The Kier molecular flexibility index (Phi) is 3.43. The van der Waals surface area contributed by atoms with Gasteiger partial charge in [-0.3, -0.25) is 0 Å². The summed E-state index contributed by atoms with van der Waals surface area (Å²) in [5, 5.41) is 0. The lowest BCUT2D eigenvalue weighted by Crippen LogP contribution is -2.19. The predicted molar refractivity (Wildman–Crippen MR) is 53.4 cm³/mol. The molecule has 1 nitrogen and oxygen atoms in total. The van der Waals surface area contributed by atoms with Crippen LogP contribution in [0.5, 0.6) is 0 Å². The number of likely N-dealkylation sites (N-methyl/N-ethyl adjacent to an activating group) is 1. The van der Waals surface area contributed by atoms with Gasteiger partial charge in [-0.15, -0.1) is 0 Å². The summed E-state index contributed by atoms with van der Waals surface area (Å²) in [7, 11) is 3.99. The minimum absolute atomic E-state index is 0.100. The van der Waals surface area contributed by atoms with Gasteiger partial charge in [0.25, 0.3) is 0 Å². The molecular formula is C11H16FN. The van der Waals surface area contributed by atoms with E-state index in [9.17, 15) is 4.39 Å². The Morgan fingerprint density at radius 1 is 1.31 bits per heavy atom. The van der Waals surface area contributed by atoms with E-state index in [0.717, 1.165) is 12.1 Å². The van der Waals surface area contributed by atoms with E-state index in [1.54, 1.807) is 6.07 Å². The van der Waals surface area contributed by atoms with E-state index in [1.165, 1.54) is 6.07 Å². The summed E-state index contributed by atoms with van der Waals surface area (Å²) >= 11 is 0. The van der Waals surface area contributed by atoms with E-state index in [1.807, 2.05) is 33.2 Å². The van der Waals surface area contributed by atoms with Gasteiger partial charge >= 0.3 is 0 Å². The first-order valence-corrected chi connectivity index (χ1v) is 4.50. The van der Waals surface area contributed by atoms with E-state index < -0.39 is 0 Å². The lowest BCUT2D eigenvalue weighted by atomic mass is 10.0. The van der Waals surface area contributed by atoms with Crippen LogP contribution in [0.15, 0.2) is 24.3 Å². The molecule has 0 saturated carbocycles. The standard InChI is InChI=1S/C11H16FN/c1-9(8-13(2)3)10-6-4-5-7-11(10)12/h4-7,9H,8H2,1-3H3. The molecule has 0 radical (unpaired) electrons. The number of hydrogen-bond donors (Lipinski definition) is 0. The van der Waals surface area contributed by atoms with Crippen LogP contribution in [0.25, 0.3) is 0 Å². The maximum absolute atomic E-state index is 13.3. The Balaban J connectivity index is 2.76. The monoisotopic (exact) mass is 181 g/mol. The highest BCUT2D eigenvalue weighted by Crippen LogP contribution is 2.18. The van der Waals surface area contributed by atoms with Gasteiger partial charge in [0.15, 0.2) is 0 Å². The molecule has 0 bridgehead atoms. The van der Waals surface area contributed by atoms with Crippen LogP contribution in [0.4, 0.5) is 4.39 Å². The molecule has 0 aliphatic carbocycles. The highest BCUT2D eigenvalue weighted by Gasteiger charge is 2.10. The second kappa shape index (κ2) is 4.38.